The SMILES string of the molecule is CCC(=O)[O][Ti]1([O]C(=O)CC)[CH]2c3ccccc3-c3cccc(c32)Cc2cccc3c2[CH]1c1ccccc1-3. The molecule has 2 aliphatic carbocycles. The minimum atomic E-state index is -4.56. The molecule has 0 fully saturated rings. The Morgan fingerprint density at radius 1 is 0.632 bits per heavy atom. The van der Waals surface area contributed by atoms with Crippen molar-refractivity contribution >= 4 is 11.9 Å². The molecule has 2 unspecified atom stereocenters. The quantitative estimate of drug-likeness (QED) is 0.257. The van der Waals surface area contributed by atoms with E-state index in [2.05, 4.69) is 72.8 Å². The second-order valence-corrected chi connectivity index (χ2v) is 15.0. The van der Waals surface area contributed by atoms with E-state index in [1.165, 1.54) is 22.3 Å². The van der Waals surface area contributed by atoms with Crippen LogP contribution in [0.1, 0.15) is 68.5 Å². The van der Waals surface area contributed by atoms with Gasteiger partial charge < -0.3 is 0 Å². The van der Waals surface area contributed by atoms with Crippen molar-refractivity contribution in [2.24, 2.45) is 0 Å². The van der Waals surface area contributed by atoms with E-state index in [0.29, 0.717) is 0 Å². The van der Waals surface area contributed by atoms with Gasteiger partial charge in [0.15, 0.2) is 0 Å². The predicted molar refractivity (Wildman–Crippen MR) is 143 cm³/mol. The molecule has 1 heterocycles. The molecule has 3 aliphatic rings. The number of fused-ring (bicyclic) bond motifs is 6. The number of benzene rings is 4. The van der Waals surface area contributed by atoms with Gasteiger partial charge in [-0.1, -0.05) is 0 Å². The van der Waals surface area contributed by atoms with Crippen LogP contribution in [0.15, 0.2) is 84.9 Å². The van der Waals surface area contributed by atoms with Gasteiger partial charge in [0.25, 0.3) is 0 Å². The number of hydrogen-bond donors (Lipinski definition) is 0. The molecule has 5 heteroatoms. The van der Waals surface area contributed by atoms with Crippen LogP contribution in [0.4, 0.5) is 0 Å². The van der Waals surface area contributed by atoms with Crippen LogP contribution in [0.2, 0.25) is 0 Å². The van der Waals surface area contributed by atoms with E-state index < -0.39 is 17.4 Å². The molecule has 0 radical (unpaired) electrons. The van der Waals surface area contributed by atoms with Crippen molar-refractivity contribution in [1.29, 1.82) is 0 Å². The summed E-state index contributed by atoms with van der Waals surface area (Å²) in [5.74, 6) is -0.609. The third-order valence-corrected chi connectivity index (χ3v) is 14.5. The number of rotatable bonds is 4. The first-order valence-electron chi connectivity index (χ1n) is 13.4. The maximum absolute atomic E-state index is 13.4. The first-order valence-corrected chi connectivity index (χ1v) is 16.5. The van der Waals surface area contributed by atoms with Gasteiger partial charge in [-0.3, -0.25) is 0 Å². The molecule has 2 atom stereocenters. The second-order valence-electron chi connectivity index (χ2n) is 10.4. The van der Waals surface area contributed by atoms with Crippen molar-refractivity contribution in [3.8, 4) is 22.3 Å². The molecule has 0 saturated heterocycles. The summed E-state index contributed by atoms with van der Waals surface area (Å²) in [6.07, 6.45) is 1.23. The monoisotopic (exact) mass is 536 g/mol. The molecule has 0 bridgehead atoms. The number of carbonyl (C=O) groups excluding carboxylic acids is 2. The zero-order valence-corrected chi connectivity index (χ0v) is 23.1. The summed E-state index contributed by atoms with van der Waals surface area (Å²) in [5.41, 5.74) is 11.6. The Balaban J connectivity index is 1.65. The molecular weight excluding hydrogens is 508 g/mol. The van der Waals surface area contributed by atoms with Crippen molar-refractivity contribution in [1.82, 2.24) is 0 Å². The van der Waals surface area contributed by atoms with Gasteiger partial charge >= 0.3 is 228 Å². The van der Waals surface area contributed by atoms with Crippen molar-refractivity contribution in [3.05, 3.63) is 118 Å². The van der Waals surface area contributed by atoms with E-state index >= 15 is 0 Å². The molecule has 1 aliphatic heterocycles. The molecule has 4 aromatic rings. The zero-order chi connectivity index (χ0) is 26.0. The summed E-state index contributed by atoms with van der Waals surface area (Å²) >= 11 is -4.56. The fourth-order valence-corrected chi connectivity index (χ4v) is 14.3. The van der Waals surface area contributed by atoms with Gasteiger partial charge in [0.05, 0.1) is 0 Å². The molecular formula is C33H28O4Ti. The van der Waals surface area contributed by atoms with E-state index in [1.807, 2.05) is 26.0 Å². The van der Waals surface area contributed by atoms with Gasteiger partial charge in [0, 0.05) is 0 Å². The number of carbonyl (C=O) groups is 2. The molecule has 4 aromatic carbocycles. The first-order chi connectivity index (χ1) is 18.6. The fraction of sp³-hybridized carbons (Fsp3) is 0.212. The molecule has 0 spiro atoms. The summed E-state index contributed by atoms with van der Waals surface area (Å²) in [7, 11) is 0. The topological polar surface area (TPSA) is 52.6 Å². The molecule has 0 N–H and O–H groups in total. The van der Waals surface area contributed by atoms with Gasteiger partial charge in [0.2, 0.25) is 0 Å². The molecule has 0 aromatic heterocycles. The van der Waals surface area contributed by atoms with E-state index in [0.717, 1.165) is 39.8 Å². The molecule has 7 rings (SSSR count). The summed E-state index contributed by atoms with van der Waals surface area (Å²) in [5, 5.41) is 0. The van der Waals surface area contributed by atoms with Crippen molar-refractivity contribution < 1.29 is 33.6 Å². The van der Waals surface area contributed by atoms with Crippen LogP contribution in [0.5, 0.6) is 0 Å². The summed E-state index contributed by atoms with van der Waals surface area (Å²) in [4.78, 5) is 26.8. The van der Waals surface area contributed by atoms with E-state index in [9.17, 15) is 9.59 Å². The van der Waals surface area contributed by atoms with Crippen LogP contribution >= 0.6 is 0 Å². The third kappa shape index (κ3) is 3.20. The second kappa shape index (κ2) is 8.79. The maximum atomic E-state index is 13.4. The summed E-state index contributed by atoms with van der Waals surface area (Å²) < 4.78 is 12.9. The standard InChI is InChI=1S/C27H18.2C3H6O2.Ti/c1-3-11-22-20(7-1)16-26-18(9-5-13-24(22)26)15-19-10-6-14-25-23-12-4-2-8-21(23)17-27(19)25;2*1-2-3(4)5;/h1-14,16-17H,15H2;2*2H2,1H3,(H,4,5);/q;;;+2/p-2. The molecule has 4 nitrogen and oxygen atoms in total. The Kier molecular flexibility index (Phi) is 5.47. The molecule has 38 heavy (non-hydrogen) atoms. The van der Waals surface area contributed by atoms with Gasteiger partial charge in [-0.25, -0.2) is 0 Å². The van der Waals surface area contributed by atoms with E-state index in [1.54, 1.807) is 0 Å². The van der Waals surface area contributed by atoms with Crippen LogP contribution < -0.4 is 0 Å². The Morgan fingerprint density at radius 3 is 1.50 bits per heavy atom. The fourth-order valence-electron chi connectivity index (χ4n) is 6.95. The van der Waals surface area contributed by atoms with Gasteiger partial charge in [-0.2, -0.15) is 0 Å². The van der Waals surface area contributed by atoms with Crippen molar-refractivity contribution in [2.45, 2.75) is 41.6 Å². The average Bonchev–Trinajstić information content (AvgIpc) is 3.47. The van der Waals surface area contributed by atoms with Crippen molar-refractivity contribution in [2.75, 3.05) is 0 Å². The van der Waals surface area contributed by atoms with E-state index in [4.69, 9.17) is 6.64 Å². The zero-order valence-electron chi connectivity index (χ0n) is 21.5. The predicted octanol–water partition coefficient (Wildman–Crippen LogP) is 7.32. The van der Waals surface area contributed by atoms with E-state index in [-0.39, 0.29) is 33.2 Å². The van der Waals surface area contributed by atoms with Gasteiger partial charge in [-0.15, -0.1) is 0 Å². The van der Waals surface area contributed by atoms with Gasteiger partial charge in [-0.05, 0) is 0 Å². The van der Waals surface area contributed by atoms with Crippen LogP contribution in [-0.2, 0) is 40.0 Å². The molecule has 188 valence electrons. The van der Waals surface area contributed by atoms with Crippen LogP contribution in [0.3, 0.4) is 0 Å². The summed E-state index contributed by atoms with van der Waals surface area (Å²) in [6.45, 7) is 3.62. The molecule has 0 saturated carbocycles. The Labute approximate surface area is 226 Å². The Bertz CT molecular complexity index is 1520. The minimum absolute atomic E-state index is 0.225. The number of hydrogen-bond acceptors (Lipinski definition) is 4. The Hall–Kier alpha value is -3.47. The Morgan fingerprint density at radius 2 is 1.05 bits per heavy atom. The van der Waals surface area contributed by atoms with Crippen molar-refractivity contribution in [3.63, 3.8) is 0 Å². The third-order valence-electron chi connectivity index (χ3n) is 8.40. The first kappa shape index (κ1) is 23.6. The van der Waals surface area contributed by atoms with Crippen LogP contribution in [0.25, 0.3) is 22.3 Å². The average molecular weight is 536 g/mol. The van der Waals surface area contributed by atoms with Gasteiger partial charge in [0.1, 0.15) is 0 Å². The molecule has 0 amide bonds. The normalized spacial score (nSPS) is 18.8. The summed E-state index contributed by atoms with van der Waals surface area (Å²) in [6, 6.07) is 29.7. The van der Waals surface area contributed by atoms with Crippen LogP contribution in [0, 0.1) is 0 Å². The van der Waals surface area contributed by atoms with Crippen LogP contribution in [-0.4, -0.2) is 11.9 Å².